The number of nitrogens with zero attached hydrogens (tertiary/aromatic N) is 1. The minimum atomic E-state index is -0.320. The number of methoxy groups -OCH3 is 3. The maximum absolute atomic E-state index is 11.5. The van der Waals surface area contributed by atoms with Gasteiger partial charge in [0.1, 0.15) is 23.9 Å². The molecule has 0 spiro atoms. The number of cyclic esters (lactones) is 1. The van der Waals surface area contributed by atoms with Gasteiger partial charge in [0.25, 0.3) is 0 Å². The summed E-state index contributed by atoms with van der Waals surface area (Å²) in [6.07, 6.45) is -0.320. The summed E-state index contributed by atoms with van der Waals surface area (Å²) in [5.41, 5.74) is 0.796. The Hall–Kier alpha value is -2.11. The fraction of sp³-hybridized carbons (Fsp3) is 0.462. The first-order valence-electron chi connectivity index (χ1n) is 5.90. The van der Waals surface area contributed by atoms with Gasteiger partial charge < -0.3 is 23.8 Å². The first-order chi connectivity index (χ1) is 9.19. The molecule has 2 rings (SSSR count). The molecule has 6 heteroatoms. The number of benzene rings is 1. The molecule has 0 atom stereocenters. The van der Waals surface area contributed by atoms with E-state index < -0.39 is 0 Å². The van der Waals surface area contributed by atoms with Gasteiger partial charge in [-0.3, -0.25) is 0 Å². The third-order valence-corrected chi connectivity index (χ3v) is 3.01. The van der Waals surface area contributed by atoms with Gasteiger partial charge in [0, 0.05) is 12.1 Å². The molecule has 19 heavy (non-hydrogen) atoms. The maximum Gasteiger partial charge on any atom is 0.410 e. The van der Waals surface area contributed by atoms with E-state index >= 15 is 0 Å². The van der Waals surface area contributed by atoms with Crippen LogP contribution in [0.3, 0.4) is 0 Å². The molecule has 0 bridgehead atoms. The Morgan fingerprint density at radius 2 is 1.79 bits per heavy atom. The van der Waals surface area contributed by atoms with E-state index in [-0.39, 0.29) is 6.09 Å². The fourth-order valence-electron chi connectivity index (χ4n) is 1.99. The number of ether oxygens (including phenoxy) is 4. The number of hydrogen-bond acceptors (Lipinski definition) is 5. The third kappa shape index (κ3) is 2.67. The van der Waals surface area contributed by atoms with Crippen molar-refractivity contribution in [3.63, 3.8) is 0 Å². The van der Waals surface area contributed by atoms with Crippen molar-refractivity contribution >= 4 is 6.09 Å². The predicted molar refractivity (Wildman–Crippen MR) is 67.9 cm³/mol. The van der Waals surface area contributed by atoms with Crippen LogP contribution in [0.15, 0.2) is 12.1 Å². The first kappa shape index (κ1) is 13.3. The Balaban J connectivity index is 2.33. The van der Waals surface area contributed by atoms with Gasteiger partial charge in [-0.05, 0) is 0 Å². The SMILES string of the molecule is COc1cc(OC)c(CN2CCOC2=O)c(OC)c1. The molecule has 6 nitrogen and oxygen atoms in total. The summed E-state index contributed by atoms with van der Waals surface area (Å²) < 4.78 is 20.8. The van der Waals surface area contributed by atoms with E-state index in [2.05, 4.69) is 0 Å². The molecule has 1 amide bonds. The van der Waals surface area contributed by atoms with Gasteiger partial charge in [-0.15, -0.1) is 0 Å². The monoisotopic (exact) mass is 267 g/mol. The van der Waals surface area contributed by atoms with Crippen molar-refractivity contribution < 1.29 is 23.7 Å². The quantitative estimate of drug-likeness (QED) is 0.812. The van der Waals surface area contributed by atoms with Crippen molar-refractivity contribution in [3.05, 3.63) is 17.7 Å². The van der Waals surface area contributed by atoms with Crippen molar-refractivity contribution in [2.75, 3.05) is 34.5 Å². The lowest BCUT2D eigenvalue weighted by Gasteiger charge is -2.18. The second-order valence-corrected chi connectivity index (χ2v) is 4.05. The second kappa shape index (κ2) is 5.69. The second-order valence-electron chi connectivity index (χ2n) is 4.05. The van der Waals surface area contributed by atoms with E-state index in [9.17, 15) is 4.79 Å². The Morgan fingerprint density at radius 3 is 2.21 bits per heavy atom. The zero-order valence-electron chi connectivity index (χ0n) is 11.3. The molecule has 0 aliphatic carbocycles. The van der Waals surface area contributed by atoms with E-state index in [0.29, 0.717) is 36.9 Å². The van der Waals surface area contributed by atoms with Crippen molar-refractivity contribution in [1.29, 1.82) is 0 Å². The molecule has 0 unspecified atom stereocenters. The van der Waals surface area contributed by atoms with Gasteiger partial charge in [0.2, 0.25) is 0 Å². The van der Waals surface area contributed by atoms with Crippen LogP contribution in [0, 0.1) is 0 Å². The minimum absolute atomic E-state index is 0.320. The van der Waals surface area contributed by atoms with Crippen LogP contribution < -0.4 is 14.2 Å². The van der Waals surface area contributed by atoms with Crippen molar-refractivity contribution in [2.24, 2.45) is 0 Å². The molecule has 0 aromatic heterocycles. The van der Waals surface area contributed by atoms with E-state index in [1.54, 1.807) is 38.4 Å². The molecule has 1 aliphatic rings. The van der Waals surface area contributed by atoms with Crippen LogP contribution in [0.2, 0.25) is 0 Å². The Labute approximate surface area is 111 Å². The molecule has 1 aromatic rings. The average molecular weight is 267 g/mol. The number of carbonyl (C=O) groups is 1. The van der Waals surface area contributed by atoms with Crippen LogP contribution >= 0.6 is 0 Å². The number of hydrogen-bond donors (Lipinski definition) is 0. The molecule has 1 aromatic carbocycles. The van der Waals surface area contributed by atoms with Crippen LogP contribution in [-0.2, 0) is 11.3 Å². The van der Waals surface area contributed by atoms with Gasteiger partial charge >= 0.3 is 6.09 Å². The lowest BCUT2D eigenvalue weighted by Crippen LogP contribution is -2.24. The number of amides is 1. The summed E-state index contributed by atoms with van der Waals surface area (Å²) in [7, 11) is 4.71. The molecule has 1 aliphatic heterocycles. The zero-order valence-corrected chi connectivity index (χ0v) is 11.3. The van der Waals surface area contributed by atoms with Crippen LogP contribution in [0.4, 0.5) is 4.79 Å². The van der Waals surface area contributed by atoms with E-state index in [1.807, 2.05) is 0 Å². The Morgan fingerprint density at radius 1 is 1.16 bits per heavy atom. The normalized spacial score (nSPS) is 14.3. The summed E-state index contributed by atoms with van der Waals surface area (Å²) in [6, 6.07) is 3.53. The van der Waals surface area contributed by atoms with Crippen molar-refractivity contribution in [1.82, 2.24) is 4.90 Å². The van der Waals surface area contributed by atoms with Gasteiger partial charge in [0.05, 0.1) is 40.0 Å². The molecule has 0 N–H and O–H groups in total. The molecule has 0 saturated carbocycles. The minimum Gasteiger partial charge on any atom is -0.496 e. The maximum atomic E-state index is 11.5. The summed E-state index contributed by atoms with van der Waals surface area (Å²) in [5, 5.41) is 0. The molecule has 1 fully saturated rings. The summed E-state index contributed by atoms with van der Waals surface area (Å²) in [5.74, 6) is 1.88. The highest BCUT2D eigenvalue weighted by molar-refractivity contribution is 5.69. The van der Waals surface area contributed by atoms with E-state index in [1.165, 1.54) is 0 Å². The Bertz CT molecular complexity index is 449. The highest BCUT2D eigenvalue weighted by Crippen LogP contribution is 2.35. The lowest BCUT2D eigenvalue weighted by atomic mass is 10.1. The zero-order chi connectivity index (χ0) is 13.8. The van der Waals surface area contributed by atoms with Crippen molar-refractivity contribution in [3.8, 4) is 17.2 Å². The Kier molecular flexibility index (Phi) is 3.99. The van der Waals surface area contributed by atoms with Crippen LogP contribution in [0.25, 0.3) is 0 Å². The molecular weight excluding hydrogens is 250 g/mol. The number of rotatable bonds is 5. The summed E-state index contributed by atoms with van der Waals surface area (Å²) in [4.78, 5) is 13.1. The van der Waals surface area contributed by atoms with Crippen LogP contribution in [0.1, 0.15) is 5.56 Å². The molecule has 1 saturated heterocycles. The average Bonchev–Trinajstić information content (AvgIpc) is 2.84. The molecular formula is C13H17NO5. The van der Waals surface area contributed by atoms with Crippen LogP contribution in [0.5, 0.6) is 17.2 Å². The van der Waals surface area contributed by atoms with Gasteiger partial charge in [-0.2, -0.15) is 0 Å². The standard InChI is InChI=1S/C13H17NO5/c1-16-9-6-11(17-2)10(12(7-9)18-3)8-14-4-5-19-13(14)15/h6-7H,4-5,8H2,1-3H3. The van der Waals surface area contributed by atoms with Gasteiger partial charge in [0.15, 0.2) is 0 Å². The molecule has 104 valence electrons. The van der Waals surface area contributed by atoms with Crippen LogP contribution in [-0.4, -0.2) is 45.5 Å². The highest BCUT2D eigenvalue weighted by Gasteiger charge is 2.25. The predicted octanol–water partition coefficient (Wildman–Crippen LogP) is 1.66. The largest absolute Gasteiger partial charge is 0.496 e. The summed E-state index contributed by atoms with van der Waals surface area (Å²) >= 11 is 0. The smallest absolute Gasteiger partial charge is 0.410 e. The van der Waals surface area contributed by atoms with E-state index in [4.69, 9.17) is 18.9 Å². The van der Waals surface area contributed by atoms with E-state index in [0.717, 1.165) is 5.56 Å². The lowest BCUT2D eigenvalue weighted by molar-refractivity contribution is 0.156. The first-order valence-corrected chi connectivity index (χ1v) is 5.90. The fourth-order valence-corrected chi connectivity index (χ4v) is 1.99. The van der Waals surface area contributed by atoms with Gasteiger partial charge in [-0.1, -0.05) is 0 Å². The van der Waals surface area contributed by atoms with Gasteiger partial charge in [-0.25, -0.2) is 4.79 Å². The van der Waals surface area contributed by atoms with Crippen molar-refractivity contribution in [2.45, 2.75) is 6.54 Å². The highest BCUT2D eigenvalue weighted by atomic mass is 16.6. The molecule has 1 heterocycles. The topological polar surface area (TPSA) is 57.2 Å². The summed E-state index contributed by atoms with van der Waals surface area (Å²) in [6.45, 7) is 1.37. The third-order valence-electron chi connectivity index (χ3n) is 3.01. The molecule has 0 radical (unpaired) electrons. The number of carbonyl (C=O) groups excluding carboxylic acids is 1.